The van der Waals surface area contributed by atoms with Gasteiger partial charge in [0, 0.05) is 54.4 Å². The number of hydrogen-bond donors (Lipinski definition) is 0. The molecule has 1 amide bonds. The normalized spacial score (nSPS) is 15.5. The standard InChI is InChI=1S/C20H20N4O/c1-14-17(5-3-8-21-14)20(25)24-10-6-15(7-11-24)18-12-19-16(13-23-18)4-2-9-22-19/h2-5,8-9,12-13,15H,6-7,10-11H2,1H3. The van der Waals surface area contributed by atoms with Gasteiger partial charge in [-0.1, -0.05) is 0 Å². The molecule has 0 unspecified atom stereocenters. The van der Waals surface area contributed by atoms with E-state index in [1.165, 1.54) is 0 Å². The van der Waals surface area contributed by atoms with Crippen LogP contribution in [0.3, 0.4) is 0 Å². The topological polar surface area (TPSA) is 59.0 Å². The number of aryl methyl sites for hydroxylation is 1. The molecule has 4 heterocycles. The maximum absolute atomic E-state index is 12.7. The zero-order valence-electron chi connectivity index (χ0n) is 14.2. The summed E-state index contributed by atoms with van der Waals surface area (Å²) in [5.74, 6) is 0.461. The van der Waals surface area contributed by atoms with Crippen LogP contribution >= 0.6 is 0 Å². The lowest BCUT2D eigenvalue weighted by Gasteiger charge is -2.32. The quantitative estimate of drug-likeness (QED) is 0.722. The maximum atomic E-state index is 12.7. The second-order valence-corrected chi connectivity index (χ2v) is 6.51. The van der Waals surface area contributed by atoms with E-state index in [1.54, 1.807) is 6.20 Å². The van der Waals surface area contributed by atoms with Crippen molar-refractivity contribution in [1.29, 1.82) is 0 Å². The Morgan fingerprint density at radius 3 is 2.64 bits per heavy atom. The van der Waals surface area contributed by atoms with Crippen molar-refractivity contribution in [2.24, 2.45) is 0 Å². The van der Waals surface area contributed by atoms with Crippen LogP contribution in [0.5, 0.6) is 0 Å². The third-order valence-corrected chi connectivity index (χ3v) is 4.95. The minimum absolute atomic E-state index is 0.0807. The SMILES string of the molecule is Cc1ncccc1C(=O)N1CCC(c2cc3ncccc3cn2)CC1. The zero-order chi connectivity index (χ0) is 17.2. The lowest BCUT2D eigenvalue weighted by molar-refractivity contribution is 0.0711. The van der Waals surface area contributed by atoms with Crippen LogP contribution in [0.1, 0.15) is 40.5 Å². The molecule has 0 atom stereocenters. The van der Waals surface area contributed by atoms with E-state index >= 15 is 0 Å². The van der Waals surface area contributed by atoms with Crippen LogP contribution in [0.4, 0.5) is 0 Å². The van der Waals surface area contributed by atoms with Gasteiger partial charge >= 0.3 is 0 Å². The molecule has 1 aliphatic heterocycles. The van der Waals surface area contributed by atoms with Crippen molar-refractivity contribution in [3.63, 3.8) is 0 Å². The smallest absolute Gasteiger partial charge is 0.255 e. The van der Waals surface area contributed by atoms with E-state index in [0.29, 0.717) is 11.5 Å². The molecular weight excluding hydrogens is 312 g/mol. The van der Waals surface area contributed by atoms with Crippen LogP contribution in [-0.2, 0) is 0 Å². The average molecular weight is 332 g/mol. The van der Waals surface area contributed by atoms with Crippen molar-refractivity contribution in [1.82, 2.24) is 19.9 Å². The Morgan fingerprint density at radius 2 is 1.84 bits per heavy atom. The minimum Gasteiger partial charge on any atom is -0.339 e. The highest BCUT2D eigenvalue weighted by Crippen LogP contribution is 2.28. The fourth-order valence-electron chi connectivity index (χ4n) is 3.46. The molecule has 1 saturated heterocycles. The monoisotopic (exact) mass is 332 g/mol. The van der Waals surface area contributed by atoms with Gasteiger partial charge in [-0.15, -0.1) is 0 Å². The third kappa shape index (κ3) is 3.09. The molecule has 0 saturated carbocycles. The number of carbonyl (C=O) groups excluding carboxylic acids is 1. The molecule has 0 bridgehead atoms. The molecule has 25 heavy (non-hydrogen) atoms. The highest BCUT2D eigenvalue weighted by Gasteiger charge is 2.26. The fourth-order valence-corrected chi connectivity index (χ4v) is 3.46. The van der Waals surface area contributed by atoms with Gasteiger partial charge in [0.25, 0.3) is 5.91 Å². The summed E-state index contributed by atoms with van der Waals surface area (Å²) in [5, 5.41) is 1.06. The molecule has 0 aromatic carbocycles. The van der Waals surface area contributed by atoms with Crippen molar-refractivity contribution in [3.05, 3.63) is 65.9 Å². The van der Waals surface area contributed by atoms with Gasteiger partial charge < -0.3 is 4.90 Å². The molecule has 0 N–H and O–H groups in total. The second kappa shape index (κ2) is 6.59. The highest BCUT2D eigenvalue weighted by molar-refractivity contribution is 5.95. The average Bonchev–Trinajstić information content (AvgIpc) is 2.67. The van der Waals surface area contributed by atoms with Gasteiger partial charge in [0.2, 0.25) is 0 Å². The number of amides is 1. The van der Waals surface area contributed by atoms with E-state index in [1.807, 2.05) is 48.5 Å². The molecule has 4 rings (SSSR count). The molecule has 0 spiro atoms. The number of hydrogen-bond acceptors (Lipinski definition) is 4. The lowest BCUT2D eigenvalue weighted by atomic mass is 9.92. The number of rotatable bonds is 2. The van der Waals surface area contributed by atoms with Crippen LogP contribution in [0.2, 0.25) is 0 Å². The number of nitrogens with zero attached hydrogens (tertiary/aromatic N) is 4. The first-order valence-electron chi connectivity index (χ1n) is 8.64. The molecule has 5 nitrogen and oxygen atoms in total. The predicted octanol–water partition coefficient (Wildman–Crippen LogP) is 3.35. The lowest BCUT2D eigenvalue weighted by Crippen LogP contribution is -2.38. The Bertz CT molecular complexity index is 916. The first kappa shape index (κ1) is 15.7. The summed E-state index contributed by atoms with van der Waals surface area (Å²) < 4.78 is 0. The number of carbonyl (C=O) groups is 1. The van der Waals surface area contributed by atoms with E-state index < -0.39 is 0 Å². The van der Waals surface area contributed by atoms with Crippen molar-refractivity contribution < 1.29 is 4.79 Å². The Labute approximate surface area is 146 Å². The van der Waals surface area contributed by atoms with E-state index in [2.05, 4.69) is 21.0 Å². The maximum Gasteiger partial charge on any atom is 0.255 e. The second-order valence-electron chi connectivity index (χ2n) is 6.51. The first-order chi connectivity index (χ1) is 12.2. The van der Waals surface area contributed by atoms with Gasteiger partial charge in [-0.05, 0) is 50.1 Å². The van der Waals surface area contributed by atoms with Gasteiger partial charge in [0.1, 0.15) is 0 Å². The summed E-state index contributed by atoms with van der Waals surface area (Å²) in [7, 11) is 0. The number of aromatic nitrogens is 3. The van der Waals surface area contributed by atoms with E-state index in [0.717, 1.165) is 48.2 Å². The van der Waals surface area contributed by atoms with Gasteiger partial charge in [-0.2, -0.15) is 0 Å². The highest BCUT2D eigenvalue weighted by atomic mass is 16.2. The molecule has 3 aromatic rings. The number of pyridine rings is 3. The Balaban J connectivity index is 1.47. The van der Waals surface area contributed by atoms with Crippen molar-refractivity contribution in [2.45, 2.75) is 25.7 Å². The summed E-state index contributed by atoms with van der Waals surface area (Å²) in [6.45, 7) is 3.38. The van der Waals surface area contributed by atoms with Gasteiger partial charge in [-0.25, -0.2) is 0 Å². The van der Waals surface area contributed by atoms with E-state index in [9.17, 15) is 4.79 Å². The van der Waals surface area contributed by atoms with Gasteiger partial charge in [0.05, 0.1) is 11.1 Å². The number of fused-ring (bicyclic) bond motifs is 1. The fraction of sp³-hybridized carbons (Fsp3) is 0.300. The Hall–Kier alpha value is -2.82. The number of piperidine rings is 1. The molecular formula is C20H20N4O. The summed E-state index contributed by atoms with van der Waals surface area (Å²) in [5.41, 5.74) is 3.55. The van der Waals surface area contributed by atoms with Crippen LogP contribution in [-0.4, -0.2) is 38.8 Å². The third-order valence-electron chi connectivity index (χ3n) is 4.95. The van der Waals surface area contributed by atoms with Gasteiger partial charge in [0.15, 0.2) is 0 Å². The summed E-state index contributed by atoms with van der Waals surface area (Å²) in [6.07, 6.45) is 7.28. The predicted molar refractivity (Wildman–Crippen MR) is 96.4 cm³/mol. The summed E-state index contributed by atoms with van der Waals surface area (Å²) in [4.78, 5) is 27.9. The van der Waals surface area contributed by atoms with Crippen LogP contribution in [0.25, 0.3) is 10.9 Å². The zero-order valence-corrected chi connectivity index (χ0v) is 14.2. The molecule has 5 heteroatoms. The molecule has 126 valence electrons. The largest absolute Gasteiger partial charge is 0.339 e. The summed E-state index contributed by atoms with van der Waals surface area (Å²) in [6, 6.07) is 9.71. The molecule has 1 fully saturated rings. The van der Waals surface area contributed by atoms with Crippen LogP contribution < -0.4 is 0 Å². The first-order valence-corrected chi connectivity index (χ1v) is 8.64. The van der Waals surface area contributed by atoms with Gasteiger partial charge in [-0.3, -0.25) is 19.7 Å². The van der Waals surface area contributed by atoms with Crippen molar-refractivity contribution in [2.75, 3.05) is 13.1 Å². The Kier molecular flexibility index (Phi) is 4.14. The van der Waals surface area contributed by atoms with Crippen LogP contribution in [0, 0.1) is 6.92 Å². The van der Waals surface area contributed by atoms with Crippen molar-refractivity contribution in [3.8, 4) is 0 Å². The minimum atomic E-state index is 0.0807. The Morgan fingerprint density at radius 1 is 1.08 bits per heavy atom. The van der Waals surface area contributed by atoms with E-state index in [-0.39, 0.29) is 5.91 Å². The molecule has 1 aliphatic rings. The molecule has 3 aromatic heterocycles. The summed E-state index contributed by atoms with van der Waals surface area (Å²) >= 11 is 0. The number of likely N-dealkylation sites (tertiary alicyclic amines) is 1. The van der Waals surface area contributed by atoms with Crippen LogP contribution in [0.15, 0.2) is 48.9 Å². The molecule has 0 aliphatic carbocycles. The van der Waals surface area contributed by atoms with E-state index in [4.69, 9.17) is 0 Å². The van der Waals surface area contributed by atoms with Crippen molar-refractivity contribution >= 4 is 16.8 Å². The molecule has 0 radical (unpaired) electrons.